The van der Waals surface area contributed by atoms with E-state index in [0.29, 0.717) is 22.9 Å². The molecule has 0 spiro atoms. The minimum Gasteiger partial charge on any atom is -0.493 e. The van der Waals surface area contributed by atoms with Crippen LogP contribution in [0.15, 0.2) is 30.9 Å². The zero-order valence-electron chi connectivity index (χ0n) is 10.7. The molecule has 0 N–H and O–H groups in total. The third-order valence-electron chi connectivity index (χ3n) is 2.63. The molecule has 0 unspecified atom stereocenters. The first-order valence-electron chi connectivity index (χ1n) is 6.19. The summed E-state index contributed by atoms with van der Waals surface area (Å²) in [7, 11) is 0. The molecule has 0 atom stereocenters. The molecule has 2 nitrogen and oxygen atoms in total. The van der Waals surface area contributed by atoms with Crippen molar-refractivity contribution in [2.75, 3.05) is 6.61 Å². The molecular formula is C15H19ClO2. The van der Waals surface area contributed by atoms with E-state index < -0.39 is 0 Å². The van der Waals surface area contributed by atoms with Crippen LogP contribution >= 0.6 is 11.6 Å². The predicted octanol–water partition coefficient (Wildman–Crippen LogP) is 4.67. The summed E-state index contributed by atoms with van der Waals surface area (Å²) in [5, 5.41) is 0.554. The molecule has 0 bridgehead atoms. The molecule has 0 aliphatic carbocycles. The zero-order chi connectivity index (χ0) is 13.4. The normalized spacial score (nSPS) is 10.1. The lowest BCUT2D eigenvalue weighted by Crippen LogP contribution is -2.03. The highest BCUT2D eigenvalue weighted by molar-refractivity contribution is 6.31. The smallest absolute Gasteiger partial charge is 0.163 e. The maximum Gasteiger partial charge on any atom is 0.163 e. The fraction of sp³-hybridized carbons (Fsp3) is 0.400. The van der Waals surface area contributed by atoms with Gasteiger partial charge in [0.1, 0.15) is 5.75 Å². The van der Waals surface area contributed by atoms with Gasteiger partial charge in [0, 0.05) is 5.02 Å². The van der Waals surface area contributed by atoms with Crippen LogP contribution in [-0.2, 0) is 0 Å². The summed E-state index contributed by atoms with van der Waals surface area (Å²) in [5.74, 6) is 0.592. The number of benzene rings is 1. The first-order chi connectivity index (χ1) is 8.65. The van der Waals surface area contributed by atoms with Gasteiger partial charge in [-0.3, -0.25) is 4.79 Å². The number of Topliss-reactive ketones (excluding diaryl/α,β-unsaturated/α-hetero) is 1. The maximum atomic E-state index is 11.4. The summed E-state index contributed by atoms with van der Waals surface area (Å²) >= 11 is 5.86. The Morgan fingerprint density at radius 2 is 2.17 bits per heavy atom. The molecule has 1 aromatic rings. The standard InChI is InChI=1S/C15H19ClO2/c1-3-4-5-6-7-10-18-15-9-8-13(16)11-14(15)12(2)17/h3,8-9,11H,1,4-7,10H2,2H3. The fourth-order valence-electron chi connectivity index (χ4n) is 1.65. The number of halogens is 1. The molecule has 0 aromatic heterocycles. The van der Waals surface area contributed by atoms with E-state index >= 15 is 0 Å². The molecule has 98 valence electrons. The van der Waals surface area contributed by atoms with E-state index in [4.69, 9.17) is 16.3 Å². The summed E-state index contributed by atoms with van der Waals surface area (Å²) in [4.78, 5) is 11.4. The summed E-state index contributed by atoms with van der Waals surface area (Å²) < 4.78 is 5.63. The van der Waals surface area contributed by atoms with E-state index in [-0.39, 0.29) is 5.78 Å². The van der Waals surface area contributed by atoms with Crippen molar-refractivity contribution in [3.05, 3.63) is 41.4 Å². The van der Waals surface area contributed by atoms with Crippen LogP contribution in [0.5, 0.6) is 5.75 Å². The predicted molar refractivity (Wildman–Crippen MR) is 75.6 cm³/mol. The quantitative estimate of drug-likeness (QED) is 0.388. The summed E-state index contributed by atoms with van der Waals surface area (Å²) in [6, 6.07) is 5.14. The molecule has 1 aromatic carbocycles. The Morgan fingerprint density at radius 3 is 2.83 bits per heavy atom. The second-order valence-electron chi connectivity index (χ2n) is 4.18. The molecule has 0 amide bonds. The Hall–Kier alpha value is -1.28. The fourth-order valence-corrected chi connectivity index (χ4v) is 1.82. The lowest BCUT2D eigenvalue weighted by molar-refractivity contribution is 0.101. The van der Waals surface area contributed by atoms with E-state index in [1.54, 1.807) is 18.2 Å². The molecule has 0 radical (unpaired) electrons. The van der Waals surface area contributed by atoms with E-state index in [1.807, 2.05) is 6.08 Å². The van der Waals surface area contributed by atoms with Crippen molar-refractivity contribution in [3.63, 3.8) is 0 Å². The van der Waals surface area contributed by atoms with Gasteiger partial charge in [-0.15, -0.1) is 6.58 Å². The second kappa shape index (κ2) is 7.93. The number of unbranched alkanes of at least 4 members (excludes halogenated alkanes) is 3. The number of hydrogen-bond acceptors (Lipinski definition) is 2. The Balaban J connectivity index is 2.46. The molecule has 0 fully saturated rings. The molecule has 0 saturated carbocycles. The monoisotopic (exact) mass is 266 g/mol. The SMILES string of the molecule is C=CCCCCCOc1ccc(Cl)cc1C(C)=O. The number of ketones is 1. The van der Waals surface area contributed by atoms with Crippen molar-refractivity contribution in [1.82, 2.24) is 0 Å². The van der Waals surface area contributed by atoms with Gasteiger partial charge in [0.25, 0.3) is 0 Å². The largest absolute Gasteiger partial charge is 0.493 e. The number of allylic oxidation sites excluding steroid dienone is 1. The number of carbonyl (C=O) groups is 1. The molecule has 1 rings (SSSR count). The Bertz CT molecular complexity index is 413. The molecule has 3 heteroatoms. The summed E-state index contributed by atoms with van der Waals surface area (Å²) in [5.41, 5.74) is 0.550. The first-order valence-corrected chi connectivity index (χ1v) is 6.57. The van der Waals surface area contributed by atoms with Crippen LogP contribution in [0, 0.1) is 0 Å². The number of carbonyl (C=O) groups excluding carboxylic acids is 1. The average molecular weight is 267 g/mol. The van der Waals surface area contributed by atoms with Gasteiger partial charge < -0.3 is 4.74 Å². The van der Waals surface area contributed by atoms with Crippen LogP contribution in [0.4, 0.5) is 0 Å². The Kier molecular flexibility index (Phi) is 6.51. The van der Waals surface area contributed by atoms with Gasteiger partial charge in [-0.1, -0.05) is 17.7 Å². The minimum atomic E-state index is -0.0286. The van der Waals surface area contributed by atoms with E-state index in [1.165, 1.54) is 6.92 Å². The lowest BCUT2D eigenvalue weighted by atomic mass is 10.1. The minimum absolute atomic E-state index is 0.0286. The highest BCUT2D eigenvalue weighted by atomic mass is 35.5. The van der Waals surface area contributed by atoms with Crippen LogP contribution in [-0.4, -0.2) is 12.4 Å². The zero-order valence-corrected chi connectivity index (χ0v) is 11.5. The van der Waals surface area contributed by atoms with Gasteiger partial charge in [0.15, 0.2) is 5.78 Å². The highest BCUT2D eigenvalue weighted by Gasteiger charge is 2.08. The highest BCUT2D eigenvalue weighted by Crippen LogP contribution is 2.23. The Morgan fingerprint density at radius 1 is 1.39 bits per heavy atom. The van der Waals surface area contributed by atoms with Gasteiger partial charge in [0.05, 0.1) is 12.2 Å². The summed E-state index contributed by atoms with van der Waals surface area (Å²) in [6.07, 6.45) is 6.18. The van der Waals surface area contributed by atoms with Crippen LogP contribution < -0.4 is 4.74 Å². The van der Waals surface area contributed by atoms with Crippen molar-refractivity contribution >= 4 is 17.4 Å². The molecule has 18 heavy (non-hydrogen) atoms. The van der Waals surface area contributed by atoms with Crippen molar-refractivity contribution in [3.8, 4) is 5.75 Å². The maximum absolute atomic E-state index is 11.4. The first kappa shape index (κ1) is 14.8. The van der Waals surface area contributed by atoms with E-state index in [2.05, 4.69) is 6.58 Å². The van der Waals surface area contributed by atoms with Crippen molar-refractivity contribution in [1.29, 1.82) is 0 Å². The van der Waals surface area contributed by atoms with Crippen molar-refractivity contribution in [2.45, 2.75) is 32.6 Å². The van der Waals surface area contributed by atoms with Crippen LogP contribution in [0.3, 0.4) is 0 Å². The van der Waals surface area contributed by atoms with Gasteiger partial charge >= 0.3 is 0 Å². The van der Waals surface area contributed by atoms with Gasteiger partial charge in [-0.05, 0) is 50.8 Å². The third-order valence-corrected chi connectivity index (χ3v) is 2.87. The Labute approximate surface area is 114 Å². The van der Waals surface area contributed by atoms with Gasteiger partial charge in [-0.25, -0.2) is 0 Å². The number of ether oxygens (including phenoxy) is 1. The van der Waals surface area contributed by atoms with Gasteiger partial charge in [0.2, 0.25) is 0 Å². The second-order valence-corrected chi connectivity index (χ2v) is 4.62. The van der Waals surface area contributed by atoms with Crippen LogP contribution in [0.1, 0.15) is 43.0 Å². The van der Waals surface area contributed by atoms with Gasteiger partial charge in [-0.2, -0.15) is 0 Å². The number of hydrogen-bond donors (Lipinski definition) is 0. The molecule has 0 heterocycles. The van der Waals surface area contributed by atoms with Crippen molar-refractivity contribution in [2.24, 2.45) is 0 Å². The summed E-state index contributed by atoms with van der Waals surface area (Å²) in [6.45, 7) is 5.82. The molecular weight excluding hydrogens is 248 g/mol. The van der Waals surface area contributed by atoms with E-state index in [0.717, 1.165) is 25.7 Å². The third kappa shape index (κ3) is 4.92. The average Bonchev–Trinajstić information content (AvgIpc) is 2.35. The van der Waals surface area contributed by atoms with E-state index in [9.17, 15) is 4.79 Å². The van der Waals surface area contributed by atoms with Crippen molar-refractivity contribution < 1.29 is 9.53 Å². The molecule has 0 aliphatic heterocycles. The molecule has 0 saturated heterocycles. The number of rotatable bonds is 8. The van der Waals surface area contributed by atoms with Crippen LogP contribution in [0.25, 0.3) is 0 Å². The molecule has 0 aliphatic rings. The van der Waals surface area contributed by atoms with Crippen LogP contribution in [0.2, 0.25) is 5.02 Å². The topological polar surface area (TPSA) is 26.3 Å². The lowest BCUT2D eigenvalue weighted by Gasteiger charge is -2.09.